The van der Waals surface area contributed by atoms with Crippen LogP contribution in [0.25, 0.3) is 0 Å². The van der Waals surface area contributed by atoms with Gasteiger partial charge in [0.1, 0.15) is 5.54 Å². The highest BCUT2D eigenvalue weighted by Gasteiger charge is 2.43. The maximum absolute atomic E-state index is 11.5. The third-order valence-corrected chi connectivity index (χ3v) is 6.82. The number of aryl methyl sites for hydroxylation is 2. The standard InChI is InChI=1S/C27H36N2O7/c1-26(2)35-16-27(17-36-26,28-25(30)31)15-29-11-10-20-12-18(8-9-21(20)29)6-7-19-13-22(32-3)24(34-5)23(14-19)33-4/h8-9,12-14,28H,6-7,10-11,15-17H2,1-5H3,(H,30,31). The van der Waals surface area contributed by atoms with Crippen LogP contribution in [0.3, 0.4) is 0 Å². The van der Waals surface area contributed by atoms with Gasteiger partial charge in [0.2, 0.25) is 5.75 Å². The Morgan fingerprint density at radius 2 is 1.64 bits per heavy atom. The molecule has 0 saturated carbocycles. The van der Waals surface area contributed by atoms with Crippen molar-refractivity contribution in [1.82, 2.24) is 5.32 Å². The van der Waals surface area contributed by atoms with Gasteiger partial charge >= 0.3 is 6.09 Å². The van der Waals surface area contributed by atoms with E-state index in [0.717, 1.165) is 37.1 Å². The SMILES string of the molecule is COc1cc(CCc2ccc3c(c2)CCN3CC2(NC(=O)O)COC(C)(C)OC2)cc(OC)c1OC. The number of fused-ring (bicyclic) bond motifs is 1. The summed E-state index contributed by atoms with van der Waals surface area (Å²) < 4.78 is 28.0. The number of carboxylic acid groups (broad SMARTS) is 1. The second kappa shape index (κ2) is 10.4. The zero-order valence-corrected chi connectivity index (χ0v) is 21.7. The van der Waals surface area contributed by atoms with Crippen LogP contribution in [0.2, 0.25) is 0 Å². The lowest BCUT2D eigenvalue weighted by Gasteiger charge is -2.45. The lowest BCUT2D eigenvalue weighted by molar-refractivity contribution is -0.268. The fourth-order valence-electron chi connectivity index (χ4n) is 4.91. The number of methoxy groups -OCH3 is 3. The van der Waals surface area contributed by atoms with Gasteiger partial charge in [-0.15, -0.1) is 0 Å². The Kier molecular flexibility index (Phi) is 7.51. The first kappa shape index (κ1) is 25.9. The molecule has 2 aromatic carbocycles. The minimum Gasteiger partial charge on any atom is -0.493 e. The molecule has 2 N–H and O–H groups in total. The minimum atomic E-state index is -1.08. The molecule has 9 heteroatoms. The Morgan fingerprint density at radius 1 is 1.00 bits per heavy atom. The summed E-state index contributed by atoms with van der Waals surface area (Å²) in [5, 5.41) is 12.1. The van der Waals surface area contributed by atoms with E-state index >= 15 is 0 Å². The molecular weight excluding hydrogens is 464 g/mol. The molecule has 1 fully saturated rings. The predicted octanol–water partition coefficient (Wildman–Crippen LogP) is 3.65. The summed E-state index contributed by atoms with van der Waals surface area (Å²) >= 11 is 0. The van der Waals surface area contributed by atoms with Gasteiger partial charge in [0.05, 0.1) is 34.5 Å². The largest absolute Gasteiger partial charge is 0.493 e. The van der Waals surface area contributed by atoms with Crippen molar-refractivity contribution >= 4 is 11.8 Å². The van der Waals surface area contributed by atoms with Crippen LogP contribution in [0.15, 0.2) is 30.3 Å². The third-order valence-electron chi connectivity index (χ3n) is 6.82. The number of hydrogen-bond donors (Lipinski definition) is 2. The van der Waals surface area contributed by atoms with Crippen molar-refractivity contribution < 1.29 is 33.6 Å². The zero-order valence-electron chi connectivity index (χ0n) is 21.7. The Balaban J connectivity index is 1.46. The molecule has 36 heavy (non-hydrogen) atoms. The predicted molar refractivity (Wildman–Crippen MR) is 136 cm³/mol. The summed E-state index contributed by atoms with van der Waals surface area (Å²) in [4.78, 5) is 13.8. The number of amides is 1. The van der Waals surface area contributed by atoms with E-state index in [-0.39, 0.29) is 13.2 Å². The molecule has 9 nitrogen and oxygen atoms in total. The van der Waals surface area contributed by atoms with Crippen molar-refractivity contribution in [3.8, 4) is 17.2 Å². The summed E-state index contributed by atoms with van der Waals surface area (Å²) in [7, 11) is 4.84. The maximum atomic E-state index is 11.5. The zero-order chi connectivity index (χ0) is 25.9. The third kappa shape index (κ3) is 5.63. The van der Waals surface area contributed by atoms with E-state index < -0.39 is 17.4 Å². The van der Waals surface area contributed by atoms with Gasteiger partial charge in [0, 0.05) is 18.8 Å². The van der Waals surface area contributed by atoms with Gasteiger partial charge in [-0.2, -0.15) is 0 Å². The first-order valence-corrected chi connectivity index (χ1v) is 12.1. The average Bonchev–Trinajstić information content (AvgIpc) is 3.25. The van der Waals surface area contributed by atoms with Gasteiger partial charge in [-0.25, -0.2) is 4.79 Å². The number of nitrogens with zero attached hydrogens (tertiary/aromatic N) is 1. The van der Waals surface area contributed by atoms with Crippen LogP contribution in [0.1, 0.15) is 30.5 Å². The molecule has 2 heterocycles. The lowest BCUT2D eigenvalue weighted by atomic mass is 9.98. The molecule has 196 valence electrons. The summed E-state index contributed by atoms with van der Waals surface area (Å²) in [6.07, 6.45) is 1.52. The van der Waals surface area contributed by atoms with Crippen LogP contribution in [0.4, 0.5) is 10.5 Å². The normalized spacial score (nSPS) is 17.9. The fourth-order valence-corrected chi connectivity index (χ4v) is 4.91. The van der Waals surface area contributed by atoms with Crippen molar-refractivity contribution in [3.05, 3.63) is 47.0 Å². The molecular formula is C27H36N2O7. The topological polar surface area (TPSA) is 98.7 Å². The Hall–Kier alpha value is -3.17. The van der Waals surface area contributed by atoms with Gasteiger partial charge in [-0.3, -0.25) is 0 Å². The summed E-state index contributed by atoms with van der Waals surface area (Å²) in [6, 6.07) is 10.5. The molecule has 0 unspecified atom stereocenters. The molecule has 2 aliphatic heterocycles. The Labute approximate surface area is 212 Å². The van der Waals surface area contributed by atoms with E-state index in [1.54, 1.807) is 21.3 Å². The summed E-state index contributed by atoms with van der Waals surface area (Å²) in [5.74, 6) is 1.17. The van der Waals surface area contributed by atoms with Crippen molar-refractivity contribution in [2.75, 3.05) is 52.5 Å². The van der Waals surface area contributed by atoms with Crippen molar-refractivity contribution in [3.63, 3.8) is 0 Å². The van der Waals surface area contributed by atoms with Crippen LogP contribution in [-0.2, 0) is 28.7 Å². The monoisotopic (exact) mass is 500 g/mol. The number of ether oxygens (including phenoxy) is 5. The van der Waals surface area contributed by atoms with Gasteiger partial charge < -0.3 is 39.0 Å². The van der Waals surface area contributed by atoms with Crippen LogP contribution >= 0.6 is 0 Å². The minimum absolute atomic E-state index is 0.255. The summed E-state index contributed by atoms with van der Waals surface area (Å²) in [6.45, 7) is 5.48. The molecule has 0 atom stereocenters. The fraction of sp³-hybridized carbons (Fsp3) is 0.519. The quantitative estimate of drug-likeness (QED) is 0.539. The number of nitrogens with one attached hydrogen (secondary N) is 1. The van der Waals surface area contributed by atoms with E-state index in [4.69, 9.17) is 23.7 Å². The van der Waals surface area contributed by atoms with Crippen molar-refractivity contribution in [1.29, 1.82) is 0 Å². The molecule has 4 rings (SSSR count). The highest BCUT2D eigenvalue weighted by atomic mass is 16.7. The first-order chi connectivity index (χ1) is 17.2. The lowest BCUT2D eigenvalue weighted by Crippen LogP contribution is -2.65. The van der Waals surface area contributed by atoms with Crippen molar-refractivity contribution in [2.24, 2.45) is 0 Å². The van der Waals surface area contributed by atoms with Gasteiger partial charge in [-0.1, -0.05) is 12.1 Å². The molecule has 1 amide bonds. The Morgan fingerprint density at radius 3 is 2.22 bits per heavy atom. The van der Waals surface area contributed by atoms with E-state index in [0.29, 0.717) is 23.8 Å². The average molecular weight is 501 g/mol. The number of rotatable bonds is 9. The van der Waals surface area contributed by atoms with E-state index in [1.807, 2.05) is 26.0 Å². The Bertz CT molecular complexity index is 1070. The van der Waals surface area contributed by atoms with Gasteiger partial charge in [-0.05, 0) is 68.0 Å². The summed E-state index contributed by atoms with van der Waals surface area (Å²) in [5.41, 5.74) is 3.92. The van der Waals surface area contributed by atoms with Crippen molar-refractivity contribution in [2.45, 2.75) is 44.4 Å². The second-order valence-electron chi connectivity index (χ2n) is 9.86. The van der Waals surface area contributed by atoms with E-state index in [2.05, 4.69) is 28.4 Å². The van der Waals surface area contributed by atoms with Crippen LogP contribution in [-0.4, -0.2) is 70.2 Å². The maximum Gasteiger partial charge on any atom is 0.405 e. The van der Waals surface area contributed by atoms with Gasteiger partial charge in [0.25, 0.3) is 0 Å². The second-order valence-corrected chi connectivity index (χ2v) is 9.86. The molecule has 0 radical (unpaired) electrons. The van der Waals surface area contributed by atoms with E-state index in [9.17, 15) is 9.90 Å². The molecule has 0 aliphatic carbocycles. The van der Waals surface area contributed by atoms with Crippen LogP contribution in [0.5, 0.6) is 17.2 Å². The van der Waals surface area contributed by atoms with Gasteiger partial charge in [0.15, 0.2) is 17.3 Å². The smallest absolute Gasteiger partial charge is 0.405 e. The number of carbonyl (C=O) groups is 1. The van der Waals surface area contributed by atoms with Crippen LogP contribution in [0, 0.1) is 0 Å². The van der Waals surface area contributed by atoms with Crippen LogP contribution < -0.4 is 24.4 Å². The number of hydrogen-bond acceptors (Lipinski definition) is 7. The number of benzene rings is 2. The highest BCUT2D eigenvalue weighted by Crippen LogP contribution is 2.39. The molecule has 0 spiro atoms. The highest BCUT2D eigenvalue weighted by molar-refractivity contribution is 5.66. The van der Waals surface area contributed by atoms with E-state index in [1.165, 1.54) is 11.1 Å². The molecule has 1 saturated heterocycles. The molecule has 0 aromatic heterocycles. The first-order valence-electron chi connectivity index (χ1n) is 12.1. The molecule has 2 aromatic rings. The number of anilines is 1. The molecule has 2 aliphatic rings. The molecule has 0 bridgehead atoms.